The molecule has 1 atom stereocenters. The molecule has 0 aromatic rings. The second kappa shape index (κ2) is 6.80. The molecule has 0 saturated carbocycles. The molecule has 1 aliphatic heterocycles. The maximum absolute atomic E-state index is 11.5. The van der Waals surface area contributed by atoms with Crippen molar-refractivity contribution < 1.29 is 4.79 Å². The van der Waals surface area contributed by atoms with Crippen molar-refractivity contribution in [3.05, 3.63) is 0 Å². The zero-order valence-electron chi connectivity index (χ0n) is 9.88. The predicted octanol–water partition coefficient (Wildman–Crippen LogP) is 0.0539. The summed E-state index contributed by atoms with van der Waals surface area (Å²) in [5.41, 5.74) is 0. The maximum atomic E-state index is 11.5. The first kappa shape index (κ1) is 12.5. The van der Waals surface area contributed by atoms with Gasteiger partial charge in [0.05, 0.1) is 6.54 Å². The lowest BCUT2D eigenvalue weighted by molar-refractivity contribution is -0.122. The number of carbonyl (C=O) groups excluding carboxylic acids is 1. The van der Waals surface area contributed by atoms with Crippen LogP contribution in [0, 0.1) is 5.92 Å². The van der Waals surface area contributed by atoms with Crippen LogP contribution in [0.15, 0.2) is 0 Å². The number of nitrogens with one attached hydrogen (secondary N) is 2. The van der Waals surface area contributed by atoms with E-state index in [2.05, 4.69) is 22.5 Å². The molecule has 1 aliphatic rings. The molecule has 0 bridgehead atoms. The quantitative estimate of drug-likeness (QED) is 0.655. The normalized spacial score (nSPS) is 21.9. The molecule has 2 N–H and O–H groups in total. The van der Waals surface area contributed by atoms with E-state index in [1.165, 1.54) is 6.42 Å². The van der Waals surface area contributed by atoms with Gasteiger partial charge in [-0.2, -0.15) is 0 Å². The highest BCUT2D eigenvalue weighted by atomic mass is 16.2. The summed E-state index contributed by atoms with van der Waals surface area (Å²) in [6.07, 6.45) is 2.22. The van der Waals surface area contributed by atoms with Crippen molar-refractivity contribution in [3.63, 3.8) is 0 Å². The summed E-state index contributed by atoms with van der Waals surface area (Å²) < 4.78 is 0. The van der Waals surface area contributed by atoms with Gasteiger partial charge < -0.3 is 10.6 Å². The molecule has 1 saturated heterocycles. The van der Waals surface area contributed by atoms with Gasteiger partial charge in [0.25, 0.3) is 0 Å². The van der Waals surface area contributed by atoms with Crippen molar-refractivity contribution in [2.24, 2.45) is 5.92 Å². The van der Waals surface area contributed by atoms with Crippen LogP contribution in [0.5, 0.6) is 0 Å². The van der Waals surface area contributed by atoms with Crippen LogP contribution >= 0.6 is 0 Å². The lowest BCUT2D eigenvalue weighted by Crippen LogP contribution is -2.36. The Bertz CT molecular complexity index is 196. The van der Waals surface area contributed by atoms with Crippen molar-refractivity contribution in [2.75, 3.05) is 39.8 Å². The summed E-state index contributed by atoms with van der Waals surface area (Å²) in [6.45, 7) is 6.62. The van der Waals surface area contributed by atoms with Crippen molar-refractivity contribution in [1.82, 2.24) is 15.5 Å². The van der Waals surface area contributed by atoms with E-state index in [9.17, 15) is 4.79 Å². The lowest BCUT2D eigenvalue weighted by atomic mass is 10.1. The van der Waals surface area contributed by atoms with E-state index in [1.807, 2.05) is 7.05 Å². The number of nitrogens with zero attached hydrogens (tertiary/aromatic N) is 1. The third-order valence-electron chi connectivity index (χ3n) is 2.80. The number of rotatable bonds is 6. The average Bonchev–Trinajstić information content (AvgIpc) is 2.63. The highest BCUT2D eigenvalue weighted by Crippen LogP contribution is 2.14. The molecule has 1 rings (SSSR count). The SMILES string of the molecule is CCCNC(=O)CN1CCC(CNC)C1. The molecule has 1 fully saturated rings. The Balaban J connectivity index is 2.15. The Morgan fingerprint density at radius 2 is 2.33 bits per heavy atom. The van der Waals surface area contributed by atoms with Crippen LogP contribution in [0.4, 0.5) is 0 Å². The van der Waals surface area contributed by atoms with Gasteiger partial charge in [-0.25, -0.2) is 0 Å². The molecule has 0 aliphatic carbocycles. The van der Waals surface area contributed by atoms with Crippen molar-refractivity contribution in [1.29, 1.82) is 0 Å². The molecule has 4 heteroatoms. The van der Waals surface area contributed by atoms with Crippen molar-refractivity contribution >= 4 is 5.91 Å². The number of carbonyl (C=O) groups is 1. The average molecular weight is 213 g/mol. The minimum atomic E-state index is 0.168. The molecule has 15 heavy (non-hydrogen) atoms. The van der Waals surface area contributed by atoms with Crippen LogP contribution in [0.3, 0.4) is 0 Å². The first-order valence-corrected chi connectivity index (χ1v) is 5.90. The summed E-state index contributed by atoms with van der Waals surface area (Å²) in [6, 6.07) is 0. The molecule has 0 radical (unpaired) electrons. The smallest absolute Gasteiger partial charge is 0.234 e. The minimum Gasteiger partial charge on any atom is -0.355 e. The van der Waals surface area contributed by atoms with Gasteiger partial charge in [0.2, 0.25) is 5.91 Å². The standard InChI is InChI=1S/C11H23N3O/c1-3-5-13-11(15)9-14-6-4-10(8-14)7-12-2/h10,12H,3-9H2,1-2H3,(H,13,15). The second-order valence-electron chi connectivity index (χ2n) is 4.30. The van der Waals surface area contributed by atoms with Crippen molar-refractivity contribution in [2.45, 2.75) is 19.8 Å². The van der Waals surface area contributed by atoms with Gasteiger partial charge in [-0.05, 0) is 38.9 Å². The zero-order valence-corrected chi connectivity index (χ0v) is 9.88. The van der Waals surface area contributed by atoms with Gasteiger partial charge in [-0.1, -0.05) is 6.92 Å². The van der Waals surface area contributed by atoms with Gasteiger partial charge in [0.1, 0.15) is 0 Å². The molecule has 1 amide bonds. The van der Waals surface area contributed by atoms with E-state index >= 15 is 0 Å². The summed E-state index contributed by atoms with van der Waals surface area (Å²) in [5.74, 6) is 0.885. The summed E-state index contributed by atoms with van der Waals surface area (Å²) in [5, 5.41) is 6.10. The molecule has 4 nitrogen and oxygen atoms in total. The molecular weight excluding hydrogens is 190 g/mol. The summed E-state index contributed by atoms with van der Waals surface area (Å²) in [7, 11) is 1.98. The van der Waals surface area contributed by atoms with Gasteiger partial charge in [-0.3, -0.25) is 9.69 Å². The van der Waals surface area contributed by atoms with Gasteiger partial charge in [0.15, 0.2) is 0 Å². The second-order valence-corrected chi connectivity index (χ2v) is 4.30. The van der Waals surface area contributed by atoms with Gasteiger partial charge in [0, 0.05) is 13.1 Å². The third-order valence-corrected chi connectivity index (χ3v) is 2.80. The Kier molecular flexibility index (Phi) is 5.65. The first-order valence-electron chi connectivity index (χ1n) is 5.90. The van der Waals surface area contributed by atoms with E-state index in [1.54, 1.807) is 0 Å². The van der Waals surface area contributed by atoms with Crippen LogP contribution in [0.25, 0.3) is 0 Å². The number of hydrogen-bond donors (Lipinski definition) is 2. The number of hydrogen-bond acceptors (Lipinski definition) is 3. The molecule has 1 heterocycles. The van der Waals surface area contributed by atoms with Crippen LogP contribution < -0.4 is 10.6 Å². The summed E-state index contributed by atoms with van der Waals surface area (Å²) >= 11 is 0. The van der Waals surface area contributed by atoms with E-state index < -0.39 is 0 Å². The molecular formula is C11H23N3O. The van der Waals surface area contributed by atoms with E-state index in [-0.39, 0.29) is 5.91 Å². The molecule has 0 aromatic heterocycles. The Morgan fingerprint density at radius 1 is 1.53 bits per heavy atom. The highest BCUT2D eigenvalue weighted by Gasteiger charge is 2.22. The fraction of sp³-hybridized carbons (Fsp3) is 0.909. The number of likely N-dealkylation sites (tertiary alicyclic amines) is 1. The maximum Gasteiger partial charge on any atom is 0.234 e. The fourth-order valence-corrected chi connectivity index (χ4v) is 2.04. The zero-order chi connectivity index (χ0) is 11.1. The predicted molar refractivity (Wildman–Crippen MR) is 61.8 cm³/mol. The minimum absolute atomic E-state index is 0.168. The van der Waals surface area contributed by atoms with Crippen LogP contribution in [0.2, 0.25) is 0 Å². The van der Waals surface area contributed by atoms with Crippen molar-refractivity contribution in [3.8, 4) is 0 Å². The van der Waals surface area contributed by atoms with E-state index in [0.717, 1.165) is 32.6 Å². The van der Waals surface area contributed by atoms with Gasteiger partial charge >= 0.3 is 0 Å². The molecule has 0 spiro atoms. The Hall–Kier alpha value is -0.610. The first-order chi connectivity index (χ1) is 7.26. The van der Waals surface area contributed by atoms with E-state index in [4.69, 9.17) is 0 Å². The van der Waals surface area contributed by atoms with Gasteiger partial charge in [-0.15, -0.1) is 0 Å². The lowest BCUT2D eigenvalue weighted by Gasteiger charge is -2.15. The highest BCUT2D eigenvalue weighted by molar-refractivity contribution is 5.77. The molecule has 0 aromatic carbocycles. The van der Waals surface area contributed by atoms with Crippen LogP contribution in [0.1, 0.15) is 19.8 Å². The topological polar surface area (TPSA) is 44.4 Å². The third kappa shape index (κ3) is 4.62. The Morgan fingerprint density at radius 3 is 3.00 bits per heavy atom. The number of amides is 1. The largest absolute Gasteiger partial charge is 0.355 e. The van der Waals surface area contributed by atoms with E-state index in [0.29, 0.717) is 12.5 Å². The van der Waals surface area contributed by atoms with Crippen LogP contribution in [-0.2, 0) is 4.79 Å². The Labute approximate surface area is 92.4 Å². The summed E-state index contributed by atoms with van der Waals surface area (Å²) in [4.78, 5) is 13.7. The molecule has 88 valence electrons. The molecule has 1 unspecified atom stereocenters. The fourth-order valence-electron chi connectivity index (χ4n) is 2.04. The monoisotopic (exact) mass is 213 g/mol. The van der Waals surface area contributed by atoms with Crippen LogP contribution in [-0.4, -0.2) is 50.6 Å².